The molecule has 2 aromatic rings. The number of carbonyl (C=O) groups excluding carboxylic acids is 1. The molecule has 2 rings (SSSR count). The molecular weight excluding hydrogens is 315 g/mol. The first-order chi connectivity index (χ1) is 8.41. The maximum Gasteiger partial charge on any atom is 0.416 e. The standard InChI is InChI=1S/C11H5BrF3NO2/c12-10-9(16-8(5-17)18-10)6-1-3-7(4-2-6)11(13,14)15/h1-5H. The predicted octanol–water partition coefficient (Wildman–Crippen LogP) is 3.94. The number of carbonyl (C=O) groups is 1. The van der Waals surface area contributed by atoms with E-state index in [9.17, 15) is 18.0 Å². The van der Waals surface area contributed by atoms with Gasteiger partial charge in [-0.15, -0.1) is 0 Å². The van der Waals surface area contributed by atoms with Crippen LogP contribution in [0.15, 0.2) is 33.4 Å². The zero-order valence-electron chi connectivity index (χ0n) is 8.66. The SMILES string of the molecule is O=Cc1nc(-c2ccc(C(F)(F)F)cc2)c(Br)o1. The third-order valence-electron chi connectivity index (χ3n) is 2.19. The molecule has 0 unspecified atom stereocenters. The van der Waals surface area contributed by atoms with Gasteiger partial charge in [0.2, 0.25) is 6.29 Å². The summed E-state index contributed by atoms with van der Waals surface area (Å²) in [6.07, 6.45) is -3.97. The Kier molecular flexibility index (Phi) is 3.25. The number of hydrogen-bond donors (Lipinski definition) is 0. The smallest absolute Gasteiger partial charge is 0.416 e. The van der Waals surface area contributed by atoms with Gasteiger partial charge in [-0.2, -0.15) is 13.2 Å². The first kappa shape index (κ1) is 12.8. The van der Waals surface area contributed by atoms with Crippen LogP contribution in [0.4, 0.5) is 13.2 Å². The lowest BCUT2D eigenvalue weighted by atomic mass is 10.1. The van der Waals surface area contributed by atoms with Gasteiger partial charge in [-0.1, -0.05) is 12.1 Å². The summed E-state index contributed by atoms with van der Waals surface area (Å²) in [6.45, 7) is 0. The van der Waals surface area contributed by atoms with Gasteiger partial charge in [0.1, 0.15) is 5.69 Å². The molecule has 0 fully saturated rings. The monoisotopic (exact) mass is 319 g/mol. The summed E-state index contributed by atoms with van der Waals surface area (Å²) in [6, 6.07) is 4.41. The molecule has 94 valence electrons. The molecule has 0 aliphatic rings. The fourth-order valence-corrected chi connectivity index (χ4v) is 1.85. The van der Waals surface area contributed by atoms with Gasteiger partial charge in [-0.05, 0) is 28.1 Å². The van der Waals surface area contributed by atoms with Crippen molar-refractivity contribution in [1.82, 2.24) is 4.98 Å². The van der Waals surface area contributed by atoms with Crippen molar-refractivity contribution in [2.75, 3.05) is 0 Å². The van der Waals surface area contributed by atoms with Crippen LogP contribution >= 0.6 is 15.9 Å². The molecule has 0 bridgehead atoms. The van der Waals surface area contributed by atoms with Crippen LogP contribution in [0.2, 0.25) is 0 Å². The number of aromatic nitrogens is 1. The average molecular weight is 320 g/mol. The predicted molar refractivity (Wildman–Crippen MR) is 60.0 cm³/mol. The first-order valence-corrected chi connectivity index (χ1v) is 5.50. The zero-order valence-corrected chi connectivity index (χ0v) is 10.2. The van der Waals surface area contributed by atoms with E-state index in [0.717, 1.165) is 12.1 Å². The first-order valence-electron chi connectivity index (χ1n) is 4.71. The highest BCUT2D eigenvalue weighted by molar-refractivity contribution is 9.10. The van der Waals surface area contributed by atoms with E-state index in [1.807, 2.05) is 0 Å². The molecule has 1 heterocycles. The fraction of sp³-hybridized carbons (Fsp3) is 0.0909. The van der Waals surface area contributed by atoms with Crippen molar-refractivity contribution in [2.45, 2.75) is 6.18 Å². The molecule has 0 radical (unpaired) electrons. The lowest BCUT2D eigenvalue weighted by molar-refractivity contribution is -0.137. The van der Waals surface area contributed by atoms with Gasteiger partial charge in [-0.3, -0.25) is 4.79 Å². The Labute approximate surface area is 108 Å². The molecule has 1 aromatic carbocycles. The van der Waals surface area contributed by atoms with Gasteiger partial charge < -0.3 is 4.42 Å². The molecule has 3 nitrogen and oxygen atoms in total. The Morgan fingerprint density at radius 2 is 1.83 bits per heavy atom. The van der Waals surface area contributed by atoms with Crippen molar-refractivity contribution in [2.24, 2.45) is 0 Å². The number of halogens is 4. The van der Waals surface area contributed by atoms with E-state index in [-0.39, 0.29) is 16.3 Å². The summed E-state index contributed by atoms with van der Waals surface area (Å²) in [7, 11) is 0. The Morgan fingerprint density at radius 1 is 1.22 bits per heavy atom. The molecule has 0 aliphatic carbocycles. The minimum absolute atomic E-state index is 0.142. The largest absolute Gasteiger partial charge is 0.426 e. The molecule has 0 aliphatic heterocycles. The summed E-state index contributed by atoms with van der Waals surface area (Å²) in [5, 5.41) is 0. The van der Waals surface area contributed by atoms with Gasteiger partial charge in [0.15, 0.2) is 4.67 Å². The Hall–Kier alpha value is -1.63. The summed E-state index contributed by atoms with van der Waals surface area (Å²) < 4.78 is 42.2. The Morgan fingerprint density at radius 3 is 2.28 bits per heavy atom. The fourth-order valence-electron chi connectivity index (χ4n) is 1.36. The van der Waals surface area contributed by atoms with Crippen LogP contribution in [0.1, 0.15) is 16.2 Å². The molecule has 0 amide bonds. The van der Waals surface area contributed by atoms with Gasteiger partial charge in [-0.25, -0.2) is 4.98 Å². The normalized spacial score (nSPS) is 11.6. The highest BCUT2D eigenvalue weighted by atomic mass is 79.9. The van der Waals surface area contributed by atoms with E-state index in [2.05, 4.69) is 20.9 Å². The van der Waals surface area contributed by atoms with Gasteiger partial charge >= 0.3 is 6.18 Å². The topological polar surface area (TPSA) is 43.1 Å². The minimum Gasteiger partial charge on any atom is -0.426 e. The molecule has 7 heteroatoms. The second-order valence-electron chi connectivity index (χ2n) is 3.37. The molecule has 0 saturated carbocycles. The lowest BCUT2D eigenvalue weighted by Gasteiger charge is -2.06. The number of nitrogens with zero attached hydrogens (tertiary/aromatic N) is 1. The maximum absolute atomic E-state index is 12.4. The van der Waals surface area contributed by atoms with Crippen LogP contribution in [0.5, 0.6) is 0 Å². The van der Waals surface area contributed by atoms with Crippen LogP contribution in [0.25, 0.3) is 11.3 Å². The highest BCUT2D eigenvalue weighted by Gasteiger charge is 2.30. The van der Waals surface area contributed by atoms with Crippen LogP contribution in [-0.2, 0) is 6.18 Å². The van der Waals surface area contributed by atoms with Crippen LogP contribution < -0.4 is 0 Å². The van der Waals surface area contributed by atoms with Crippen molar-refractivity contribution < 1.29 is 22.4 Å². The molecule has 0 saturated heterocycles. The second kappa shape index (κ2) is 4.56. The van der Waals surface area contributed by atoms with Crippen molar-refractivity contribution in [3.8, 4) is 11.3 Å². The summed E-state index contributed by atoms with van der Waals surface area (Å²) >= 11 is 3.04. The van der Waals surface area contributed by atoms with Gasteiger partial charge in [0.25, 0.3) is 5.89 Å². The van der Waals surface area contributed by atoms with Crippen LogP contribution in [0.3, 0.4) is 0 Å². The third-order valence-corrected chi connectivity index (χ3v) is 2.73. The van der Waals surface area contributed by atoms with Crippen molar-refractivity contribution >= 4 is 22.2 Å². The van der Waals surface area contributed by atoms with Gasteiger partial charge in [0, 0.05) is 5.56 Å². The number of oxazole rings is 1. The molecule has 0 atom stereocenters. The van der Waals surface area contributed by atoms with Crippen molar-refractivity contribution in [3.63, 3.8) is 0 Å². The van der Waals surface area contributed by atoms with Crippen molar-refractivity contribution in [1.29, 1.82) is 0 Å². The maximum atomic E-state index is 12.4. The summed E-state index contributed by atoms with van der Waals surface area (Å²) in [5.74, 6) is -0.142. The molecule has 0 spiro atoms. The Bertz CT molecular complexity index is 575. The number of aldehydes is 1. The molecule has 1 aromatic heterocycles. The van der Waals surface area contributed by atoms with E-state index < -0.39 is 11.7 Å². The van der Waals surface area contributed by atoms with E-state index in [1.165, 1.54) is 12.1 Å². The average Bonchev–Trinajstić information content (AvgIpc) is 2.70. The van der Waals surface area contributed by atoms with E-state index in [1.54, 1.807) is 0 Å². The van der Waals surface area contributed by atoms with E-state index in [0.29, 0.717) is 11.8 Å². The summed E-state index contributed by atoms with van der Waals surface area (Å²) in [4.78, 5) is 14.3. The lowest BCUT2D eigenvalue weighted by Crippen LogP contribution is -2.04. The Balaban J connectivity index is 2.40. The molecular formula is C11H5BrF3NO2. The second-order valence-corrected chi connectivity index (χ2v) is 4.09. The van der Waals surface area contributed by atoms with E-state index >= 15 is 0 Å². The van der Waals surface area contributed by atoms with Gasteiger partial charge in [0.05, 0.1) is 5.56 Å². The zero-order chi connectivity index (χ0) is 13.3. The third kappa shape index (κ3) is 2.45. The highest BCUT2D eigenvalue weighted by Crippen LogP contribution is 2.32. The number of benzene rings is 1. The molecule has 18 heavy (non-hydrogen) atoms. The number of hydrogen-bond acceptors (Lipinski definition) is 3. The summed E-state index contributed by atoms with van der Waals surface area (Å²) in [5.41, 5.74) is -0.0426. The minimum atomic E-state index is -4.38. The number of rotatable bonds is 2. The van der Waals surface area contributed by atoms with Crippen molar-refractivity contribution in [3.05, 3.63) is 40.4 Å². The van der Waals surface area contributed by atoms with E-state index in [4.69, 9.17) is 4.42 Å². The molecule has 0 N–H and O–H groups in total. The number of alkyl halides is 3. The van der Waals surface area contributed by atoms with Crippen LogP contribution in [0, 0.1) is 0 Å². The quantitative estimate of drug-likeness (QED) is 0.787. The van der Waals surface area contributed by atoms with Crippen LogP contribution in [-0.4, -0.2) is 11.3 Å².